The lowest BCUT2D eigenvalue weighted by Crippen LogP contribution is -2.48. The topological polar surface area (TPSA) is 129 Å². The molecule has 0 aliphatic carbocycles. The van der Waals surface area contributed by atoms with Crippen LogP contribution in [0.4, 0.5) is 4.79 Å². The molecule has 5 N–H and O–H groups in total. The molecule has 0 bridgehead atoms. The highest BCUT2D eigenvalue weighted by Crippen LogP contribution is 2.45. The fraction of sp³-hybridized carbons (Fsp3) is 0.419. The Bertz CT molecular complexity index is 1360. The summed E-state index contributed by atoms with van der Waals surface area (Å²) in [6.45, 7) is 5.22. The Kier molecular flexibility index (Phi) is 9.56. The lowest BCUT2D eigenvalue weighted by molar-refractivity contribution is -0.0566. The molecular weight excluding hydrogens is 530 g/mol. The molecule has 214 valence electrons. The monoisotopic (exact) mass is 567 g/mol. The minimum atomic E-state index is -1.37. The quantitative estimate of drug-likeness (QED) is 0.232. The zero-order chi connectivity index (χ0) is 28.9. The maximum atomic E-state index is 13.5. The highest BCUT2D eigenvalue weighted by atomic mass is 35.5. The number of aliphatic hydroxyl groups is 1. The van der Waals surface area contributed by atoms with Crippen LogP contribution < -0.4 is 11.1 Å². The summed E-state index contributed by atoms with van der Waals surface area (Å²) in [5, 5.41) is 24.6. The van der Waals surface area contributed by atoms with E-state index in [1.807, 2.05) is 30.3 Å². The van der Waals surface area contributed by atoms with E-state index in [-0.39, 0.29) is 37.1 Å². The predicted octanol–water partition coefficient (Wildman–Crippen LogP) is 5.72. The Morgan fingerprint density at radius 2 is 2.00 bits per heavy atom. The molecule has 0 radical (unpaired) electrons. The molecule has 2 aromatic carbocycles. The maximum Gasteiger partial charge on any atom is 0.404 e. The number of rotatable bonds is 10. The molecule has 1 saturated heterocycles. The molecule has 4 rings (SSSR count). The van der Waals surface area contributed by atoms with Gasteiger partial charge in [0.25, 0.3) is 5.91 Å². The van der Waals surface area contributed by atoms with Crippen LogP contribution in [0.1, 0.15) is 65.6 Å². The molecule has 2 amide bonds. The van der Waals surface area contributed by atoms with Crippen LogP contribution in [-0.2, 0) is 18.6 Å². The molecule has 1 aliphatic rings. The van der Waals surface area contributed by atoms with Crippen molar-refractivity contribution in [2.24, 2.45) is 11.7 Å². The van der Waals surface area contributed by atoms with E-state index in [4.69, 9.17) is 26.9 Å². The Balaban J connectivity index is 1.72. The molecule has 1 aliphatic heterocycles. The van der Waals surface area contributed by atoms with Gasteiger partial charge < -0.3 is 30.6 Å². The van der Waals surface area contributed by atoms with Crippen molar-refractivity contribution in [3.8, 4) is 11.1 Å². The summed E-state index contributed by atoms with van der Waals surface area (Å²) < 4.78 is 5.73. The number of halogens is 1. The van der Waals surface area contributed by atoms with Gasteiger partial charge in [-0.1, -0.05) is 54.9 Å². The number of carbonyl (C=O) groups is 2. The summed E-state index contributed by atoms with van der Waals surface area (Å²) in [4.78, 5) is 26.3. The predicted molar refractivity (Wildman–Crippen MR) is 155 cm³/mol. The number of furan rings is 1. The number of hydrogen-bond acceptors (Lipinski definition) is 5. The Hall–Kier alpha value is -3.33. The second-order valence-electron chi connectivity index (χ2n) is 10.5. The van der Waals surface area contributed by atoms with E-state index in [0.29, 0.717) is 48.7 Å². The summed E-state index contributed by atoms with van der Waals surface area (Å²) in [5.41, 5.74) is 8.70. The number of nitrogens with two attached hydrogens (primary N) is 1. The summed E-state index contributed by atoms with van der Waals surface area (Å²) in [6.07, 6.45) is 1.85. The van der Waals surface area contributed by atoms with Gasteiger partial charge in [-0.15, -0.1) is 0 Å². The molecule has 1 fully saturated rings. The summed E-state index contributed by atoms with van der Waals surface area (Å²) in [6, 6.07) is 15.4. The van der Waals surface area contributed by atoms with Crippen LogP contribution in [0.15, 0.2) is 52.9 Å². The third-order valence-corrected chi connectivity index (χ3v) is 8.27. The van der Waals surface area contributed by atoms with Gasteiger partial charge in [-0.3, -0.25) is 4.79 Å². The van der Waals surface area contributed by atoms with Crippen LogP contribution in [0.2, 0.25) is 5.02 Å². The summed E-state index contributed by atoms with van der Waals surface area (Å²) in [5.74, 6) is 0.323. The number of carbonyl (C=O) groups excluding carboxylic acids is 1. The lowest BCUT2D eigenvalue weighted by Gasteiger charge is -2.43. The average molecular weight is 568 g/mol. The average Bonchev–Trinajstić information content (AvgIpc) is 3.35. The number of nitrogens with one attached hydrogen (secondary N) is 1. The van der Waals surface area contributed by atoms with Gasteiger partial charge in [0.05, 0.1) is 5.60 Å². The first kappa shape index (κ1) is 29.6. The van der Waals surface area contributed by atoms with Gasteiger partial charge in [0.2, 0.25) is 0 Å². The van der Waals surface area contributed by atoms with E-state index in [1.54, 1.807) is 17.9 Å². The van der Waals surface area contributed by atoms with Gasteiger partial charge in [-0.2, -0.15) is 0 Å². The molecule has 9 heteroatoms. The van der Waals surface area contributed by atoms with Gasteiger partial charge >= 0.3 is 6.09 Å². The first-order valence-electron chi connectivity index (χ1n) is 13.8. The van der Waals surface area contributed by atoms with Crippen molar-refractivity contribution in [2.45, 2.75) is 58.1 Å². The summed E-state index contributed by atoms with van der Waals surface area (Å²) >= 11 is 6.81. The normalized spacial score (nSPS) is 16.9. The van der Waals surface area contributed by atoms with Crippen LogP contribution in [0, 0.1) is 12.8 Å². The van der Waals surface area contributed by atoms with Crippen molar-refractivity contribution < 1.29 is 24.2 Å². The molecule has 40 heavy (non-hydrogen) atoms. The van der Waals surface area contributed by atoms with Crippen LogP contribution >= 0.6 is 11.6 Å². The van der Waals surface area contributed by atoms with Crippen molar-refractivity contribution in [3.63, 3.8) is 0 Å². The van der Waals surface area contributed by atoms with E-state index in [9.17, 15) is 14.7 Å². The van der Waals surface area contributed by atoms with E-state index in [1.165, 1.54) is 0 Å². The maximum absolute atomic E-state index is 13.5. The van der Waals surface area contributed by atoms with Crippen LogP contribution in [-0.4, -0.2) is 46.7 Å². The second-order valence-corrected chi connectivity index (χ2v) is 10.9. The fourth-order valence-electron chi connectivity index (χ4n) is 5.77. The molecule has 0 spiro atoms. The van der Waals surface area contributed by atoms with E-state index >= 15 is 0 Å². The van der Waals surface area contributed by atoms with Crippen molar-refractivity contribution >= 4 is 23.6 Å². The third kappa shape index (κ3) is 6.35. The first-order valence-corrected chi connectivity index (χ1v) is 14.2. The van der Waals surface area contributed by atoms with Gasteiger partial charge in [0, 0.05) is 48.2 Å². The van der Waals surface area contributed by atoms with Crippen molar-refractivity contribution in [3.05, 3.63) is 81.8 Å². The lowest BCUT2D eigenvalue weighted by atomic mass is 9.72. The van der Waals surface area contributed by atoms with Crippen LogP contribution in [0.25, 0.3) is 11.1 Å². The van der Waals surface area contributed by atoms with Gasteiger partial charge in [-0.25, -0.2) is 4.79 Å². The van der Waals surface area contributed by atoms with E-state index < -0.39 is 11.7 Å². The number of amides is 2. The number of likely N-dealkylation sites (tertiary alicyclic amines) is 1. The largest absolute Gasteiger partial charge is 0.465 e. The molecule has 1 aromatic heterocycles. The smallest absolute Gasteiger partial charge is 0.404 e. The minimum absolute atomic E-state index is 0.196. The molecule has 0 unspecified atom stereocenters. The summed E-state index contributed by atoms with van der Waals surface area (Å²) in [7, 11) is 0. The molecule has 2 heterocycles. The standard InChI is InChI=1S/C31H38ClN3O5/c1-3-21-8-4-9-22(16-21)28-25(11-5-12-26(28)32)31(39,13-7-14-34-30(37)38)24-10-6-15-35(19-24)29(36)27-17-23(18-33)20(2)40-27/h4-5,8-9,11-12,16-17,24,34,39H,3,6-7,10,13-15,18-19,33H2,1-2H3,(H,37,38)/t24-,31+/m1/s1. The van der Waals surface area contributed by atoms with Crippen molar-refractivity contribution in [2.75, 3.05) is 19.6 Å². The number of aryl methyl sites for hydroxylation is 2. The van der Waals surface area contributed by atoms with Crippen molar-refractivity contribution in [1.29, 1.82) is 0 Å². The van der Waals surface area contributed by atoms with Gasteiger partial charge in [-0.05, 0) is 67.9 Å². The van der Waals surface area contributed by atoms with Crippen molar-refractivity contribution in [1.82, 2.24) is 10.2 Å². The zero-order valence-electron chi connectivity index (χ0n) is 23.1. The van der Waals surface area contributed by atoms with Crippen LogP contribution in [0.5, 0.6) is 0 Å². The van der Waals surface area contributed by atoms with Crippen LogP contribution in [0.3, 0.4) is 0 Å². The molecule has 2 atom stereocenters. The third-order valence-electron chi connectivity index (χ3n) is 7.95. The first-order chi connectivity index (χ1) is 19.2. The minimum Gasteiger partial charge on any atom is -0.465 e. The molecular formula is C31H38ClN3O5. The highest BCUT2D eigenvalue weighted by molar-refractivity contribution is 6.33. The zero-order valence-corrected chi connectivity index (χ0v) is 23.8. The Labute approximate surface area is 240 Å². The molecule has 8 nitrogen and oxygen atoms in total. The van der Waals surface area contributed by atoms with Gasteiger partial charge in [0.15, 0.2) is 5.76 Å². The number of piperidine rings is 1. The SMILES string of the molecule is CCc1cccc(-c2c(Cl)cccc2[C@](O)(CCCNC(=O)O)[C@@H]2CCCN(C(=O)c3cc(CN)c(C)o3)C2)c1. The number of nitrogens with zero attached hydrogens (tertiary/aromatic N) is 1. The van der Waals surface area contributed by atoms with E-state index in [2.05, 4.69) is 24.4 Å². The Morgan fingerprint density at radius 3 is 2.70 bits per heavy atom. The number of hydrogen-bond donors (Lipinski definition) is 4. The number of benzene rings is 2. The Morgan fingerprint density at radius 1 is 1.23 bits per heavy atom. The second kappa shape index (κ2) is 12.9. The van der Waals surface area contributed by atoms with Gasteiger partial charge in [0.1, 0.15) is 5.76 Å². The highest BCUT2D eigenvalue weighted by Gasteiger charge is 2.43. The molecule has 3 aromatic rings. The number of carboxylic acid groups (broad SMARTS) is 1. The fourth-order valence-corrected chi connectivity index (χ4v) is 6.06. The molecule has 0 saturated carbocycles. The van der Waals surface area contributed by atoms with E-state index in [0.717, 1.165) is 28.7 Å².